The summed E-state index contributed by atoms with van der Waals surface area (Å²) in [6.07, 6.45) is 5.25. The van der Waals surface area contributed by atoms with E-state index in [0.717, 1.165) is 11.3 Å². The Kier molecular flexibility index (Phi) is 3.18. The molecule has 4 nitrogen and oxygen atoms in total. The number of imidazole rings is 1. The van der Waals surface area contributed by atoms with Gasteiger partial charge in [0, 0.05) is 18.9 Å². The third-order valence-electron chi connectivity index (χ3n) is 2.13. The van der Waals surface area contributed by atoms with Crippen molar-refractivity contribution in [3.63, 3.8) is 0 Å². The Morgan fingerprint density at radius 1 is 1.44 bits per heavy atom. The van der Waals surface area contributed by atoms with Gasteiger partial charge in [-0.05, 0) is 17.7 Å². The fraction of sp³-hybridized carbons (Fsp3) is 0.182. The van der Waals surface area contributed by atoms with Crippen LogP contribution in [0.3, 0.4) is 0 Å². The van der Waals surface area contributed by atoms with Gasteiger partial charge in [0.15, 0.2) is 0 Å². The summed E-state index contributed by atoms with van der Waals surface area (Å²) in [6.45, 7) is 0.668. The molecule has 0 bridgehead atoms. The van der Waals surface area contributed by atoms with Gasteiger partial charge in [-0.1, -0.05) is 0 Å². The van der Waals surface area contributed by atoms with E-state index in [0.29, 0.717) is 18.1 Å². The second-order valence-corrected chi connectivity index (χ2v) is 3.60. The first-order valence-electron chi connectivity index (χ1n) is 4.73. The molecule has 0 saturated carbocycles. The van der Waals surface area contributed by atoms with Crippen molar-refractivity contribution in [2.75, 3.05) is 0 Å². The lowest BCUT2D eigenvalue weighted by molar-refractivity contribution is 0.794. The van der Waals surface area contributed by atoms with Gasteiger partial charge in [0.2, 0.25) is 0 Å². The summed E-state index contributed by atoms with van der Waals surface area (Å²) < 4.78 is 1.92. The molecule has 0 aliphatic carbocycles. The highest BCUT2D eigenvalue weighted by Crippen LogP contribution is 2.06. The van der Waals surface area contributed by atoms with E-state index in [2.05, 4.69) is 9.97 Å². The summed E-state index contributed by atoms with van der Waals surface area (Å²) in [4.78, 5) is 8.04. The summed E-state index contributed by atoms with van der Waals surface area (Å²) in [5.41, 5.74) is 2.29. The van der Waals surface area contributed by atoms with Crippen LogP contribution in [-0.4, -0.2) is 14.5 Å². The quantitative estimate of drug-likeness (QED) is 0.760. The average Bonchev–Trinajstić information content (AvgIpc) is 2.77. The molecule has 2 aromatic heterocycles. The Hall–Kier alpha value is -1.86. The maximum atomic E-state index is 8.72. The van der Waals surface area contributed by atoms with Crippen LogP contribution in [0, 0.1) is 11.3 Å². The Labute approximate surface area is 98.1 Å². The Balaban J connectivity index is 2.17. The highest BCUT2D eigenvalue weighted by atomic mass is 35.5. The zero-order valence-corrected chi connectivity index (χ0v) is 9.22. The number of rotatable bonds is 3. The molecule has 0 unspecified atom stereocenters. The van der Waals surface area contributed by atoms with Gasteiger partial charge in [-0.15, -0.1) is 11.6 Å². The van der Waals surface area contributed by atoms with Crippen molar-refractivity contribution >= 4 is 11.6 Å². The number of alkyl halides is 1. The van der Waals surface area contributed by atoms with E-state index in [1.807, 2.05) is 22.9 Å². The van der Waals surface area contributed by atoms with Crippen LogP contribution in [0.1, 0.15) is 17.0 Å². The summed E-state index contributed by atoms with van der Waals surface area (Å²) >= 11 is 5.66. The van der Waals surface area contributed by atoms with Gasteiger partial charge in [-0.3, -0.25) is 0 Å². The fourth-order valence-electron chi connectivity index (χ4n) is 1.41. The van der Waals surface area contributed by atoms with Crippen LogP contribution >= 0.6 is 11.6 Å². The predicted octanol–water partition coefficient (Wildman–Crippen LogP) is 1.94. The van der Waals surface area contributed by atoms with Gasteiger partial charge in [0.05, 0.1) is 17.9 Å². The van der Waals surface area contributed by atoms with E-state index < -0.39 is 0 Å². The molecule has 0 saturated heterocycles. The van der Waals surface area contributed by atoms with Crippen molar-refractivity contribution < 1.29 is 0 Å². The Morgan fingerprint density at radius 2 is 2.31 bits per heavy atom. The van der Waals surface area contributed by atoms with Gasteiger partial charge in [0.25, 0.3) is 0 Å². The molecular formula is C11H9ClN4. The van der Waals surface area contributed by atoms with Gasteiger partial charge < -0.3 is 4.57 Å². The number of hydrogen-bond donors (Lipinski definition) is 0. The predicted molar refractivity (Wildman–Crippen MR) is 59.8 cm³/mol. The molecule has 0 aromatic carbocycles. The van der Waals surface area contributed by atoms with Crippen molar-refractivity contribution in [1.82, 2.24) is 14.5 Å². The van der Waals surface area contributed by atoms with Crippen molar-refractivity contribution in [3.05, 3.63) is 47.8 Å². The van der Waals surface area contributed by atoms with Crippen molar-refractivity contribution in [2.45, 2.75) is 12.4 Å². The first-order chi connectivity index (χ1) is 7.81. The summed E-state index contributed by atoms with van der Waals surface area (Å²) in [5.74, 6) is 0.410. The molecule has 0 amide bonds. The zero-order valence-electron chi connectivity index (χ0n) is 8.47. The smallest absolute Gasteiger partial charge is 0.140 e. The number of aromatic nitrogens is 3. The van der Waals surface area contributed by atoms with E-state index in [1.54, 1.807) is 18.6 Å². The van der Waals surface area contributed by atoms with Crippen molar-refractivity contribution in [2.24, 2.45) is 0 Å². The maximum absolute atomic E-state index is 8.72. The molecule has 80 valence electrons. The van der Waals surface area contributed by atoms with E-state index >= 15 is 0 Å². The molecular weight excluding hydrogens is 224 g/mol. The number of pyridine rings is 1. The van der Waals surface area contributed by atoms with Crippen LogP contribution in [0.15, 0.2) is 30.9 Å². The van der Waals surface area contributed by atoms with Crippen LogP contribution < -0.4 is 0 Å². The van der Waals surface area contributed by atoms with Gasteiger partial charge in [-0.2, -0.15) is 5.26 Å². The first-order valence-corrected chi connectivity index (χ1v) is 5.27. The largest absolute Gasteiger partial charge is 0.333 e. The summed E-state index contributed by atoms with van der Waals surface area (Å²) in [7, 11) is 0. The topological polar surface area (TPSA) is 54.5 Å². The second kappa shape index (κ2) is 4.77. The highest BCUT2D eigenvalue weighted by molar-refractivity contribution is 6.16. The standard InChI is InChI=1S/C11H9ClN4/c12-4-11-7-16(8-15-11)6-9-1-2-14-10(3-9)5-13/h1-3,7-8H,4,6H2. The zero-order chi connectivity index (χ0) is 11.4. The molecule has 2 heterocycles. The molecule has 0 fully saturated rings. The number of halogens is 1. The minimum Gasteiger partial charge on any atom is -0.333 e. The molecule has 0 aliphatic rings. The van der Waals surface area contributed by atoms with E-state index in [-0.39, 0.29) is 0 Å². The van der Waals surface area contributed by atoms with E-state index in [9.17, 15) is 0 Å². The van der Waals surface area contributed by atoms with Crippen LogP contribution in [0.2, 0.25) is 0 Å². The summed E-state index contributed by atoms with van der Waals surface area (Å²) in [6, 6.07) is 5.65. The normalized spacial score (nSPS) is 10.0. The SMILES string of the molecule is N#Cc1cc(Cn2cnc(CCl)c2)ccn1. The molecule has 0 spiro atoms. The lowest BCUT2D eigenvalue weighted by Gasteiger charge is -2.01. The van der Waals surface area contributed by atoms with Gasteiger partial charge in [0.1, 0.15) is 11.8 Å². The van der Waals surface area contributed by atoms with E-state index in [1.165, 1.54) is 0 Å². The van der Waals surface area contributed by atoms with Gasteiger partial charge >= 0.3 is 0 Å². The van der Waals surface area contributed by atoms with Gasteiger partial charge in [-0.25, -0.2) is 9.97 Å². The first kappa shape index (κ1) is 10.7. The lowest BCUT2D eigenvalue weighted by Crippen LogP contribution is -1.97. The molecule has 2 aromatic rings. The van der Waals surface area contributed by atoms with Crippen molar-refractivity contribution in [1.29, 1.82) is 5.26 Å². The summed E-state index contributed by atoms with van der Waals surface area (Å²) in [5, 5.41) is 8.72. The number of nitrogens with zero attached hydrogens (tertiary/aromatic N) is 4. The third-order valence-corrected chi connectivity index (χ3v) is 2.40. The third kappa shape index (κ3) is 2.38. The molecule has 16 heavy (non-hydrogen) atoms. The molecule has 5 heteroatoms. The maximum Gasteiger partial charge on any atom is 0.140 e. The Morgan fingerprint density at radius 3 is 3.00 bits per heavy atom. The fourth-order valence-corrected chi connectivity index (χ4v) is 1.54. The molecule has 0 atom stereocenters. The minimum absolute atomic E-state index is 0.410. The molecule has 0 radical (unpaired) electrons. The lowest BCUT2D eigenvalue weighted by atomic mass is 10.2. The molecule has 0 aliphatic heterocycles. The van der Waals surface area contributed by atoms with Crippen LogP contribution in [0.25, 0.3) is 0 Å². The Bertz CT molecular complexity index is 527. The average molecular weight is 233 g/mol. The minimum atomic E-state index is 0.410. The highest BCUT2D eigenvalue weighted by Gasteiger charge is 2.00. The number of hydrogen-bond acceptors (Lipinski definition) is 3. The second-order valence-electron chi connectivity index (χ2n) is 3.33. The monoisotopic (exact) mass is 232 g/mol. The number of nitriles is 1. The van der Waals surface area contributed by atoms with Crippen LogP contribution in [0.4, 0.5) is 0 Å². The molecule has 0 N–H and O–H groups in total. The van der Waals surface area contributed by atoms with Crippen LogP contribution in [0.5, 0.6) is 0 Å². The molecule has 2 rings (SSSR count). The van der Waals surface area contributed by atoms with Crippen LogP contribution in [-0.2, 0) is 12.4 Å². The van der Waals surface area contributed by atoms with Crippen molar-refractivity contribution in [3.8, 4) is 6.07 Å². The van der Waals surface area contributed by atoms with E-state index in [4.69, 9.17) is 16.9 Å².